The third-order valence-corrected chi connectivity index (χ3v) is 6.28. The fraction of sp³-hybridized carbons (Fsp3) is 0.0800. The molecule has 0 saturated heterocycles. The number of aryl methyl sites for hydroxylation is 1. The van der Waals surface area contributed by atoms with Crippen molar-refractivity contribution < 1.29 is 19.1 Å². The lowest BCUT2D eigenvalue weighted by Crippen LogP contribution is -2.24. The van der Waals surface area contributed by atoms with E-state index in [0.29, 0.717) is 27.0 Å². The van der Waals surface area contributed by atoms with Gasteiger partial charge in [0.05, 0.1) is 11.2 Å². The molecule has 1 aromatic heterocycles. The number of carbonyl (C=O) groups is 2. The maximum absolute atomic E-state index is 12.8. The Labute approximate surface area is 199 Å². The van der Waals surface area contributed by atoms with E-state index in [1.807, 2.05) is 43.3 Å². The van der Waals surface area contributed by atoms with E-state index in [2.05, 4.69) is 10.5 Å². The number of benzene rings is 3. The Kier molecular flexibility index (Phi) is 7.02. The van der Waals surface area contributed by atoms with E-state index < -0.39 is 11.9 Å². The van der Waals surface area contributed by atoms with E-state index in [9.17, 15) is 9.59 Å². The Morgan fingerprint density at radius 1 is 1.03 bits per heavy atom. The van der Waals surface area contributed by atoms with Crippen molar-refractivity contribution in [1.29, 1.82) is 0 Å². The first kappa shape index (κ1) is 22.5. The molecule has 33 heavy (non-hydrogen) atoms. The van der Waals surface area contributed by atoms with Crippen molar-refractivity contribution in [2.24, 2.45) is 5.10 Å². The summed E-state index contributed by atoms with van der Waals surface area (Å²) in [6, 6.07) is 21.7. The van der Waals surface area contributed by atoms with Gasteiger partial charge in [-0.15, -0.1) is 11.3 Å². The predicted octanol–water partition coefficient (Wildman–Crippen LogP) is 5.61. The Balaban J connectivity index is 1.39. The number of hydrogen-bond donors (Lipinski definition) is 1. The molecule has 0 saturated carbocycles. The van der Waals surface area contributed by atoms with Crippen LogP contribution in [0.1, 0.15) is 20.8 Å². The molecule has 1 amide bonds. The second-order valence-electron chi connectivity index (χ2n) is 7.06. The van der Waals surface area contributed by atoms with Gasteiger partial charge in [-0.1, -0.05) is 59.6 Å². The second kappa shape index (κ2) is 10.3. The number of amides is 1. The molecular weight excluding hydrogens is 460 g/mol. The highest BCUT2D eigenvalue weighted by molar-refractivity contribution is 7.21. The maximum Gasteiger partial charge on any atom is 0.355 e. The molecule has 1 N–H and O–H groups in total. The minimum Gasteiger partial charge on any atom is -0.484 e. The van der Waals surface area contributed by atoms with Crippen LogP contribution < -0.4 is 14.9 Å². The Morgan fingerprint density at radius 2 is 1.76 bits per heavy atom. The standard InChI is InChI=1S/C25H19ClN2O4S/c1-16-10-12-18(13-11-16)31-15-22(29)28-27-14-17-6-2-4-8-20(17)32-25(30)24-23(26)19-7-3-5-9-21(19)33-24/h2-14H,15H2,1H3,(H,28,29). The number of hydrazone groups is 1. The van der Waals surface area contributed by atoms with Gasteiger partial charge in [-0.2, -0.15) is 5.10 Å². The van der Waals surface area contributed by atoms with Crippen LogP contribution in [0, 0.1) is 6.92 Å². The molecule has 6 nitrogen and oxygen atoms in total. The molecule has 4 aromatic rings. The molecule has 0 unspecified atom stereocenters. The summed E-state index contributed by atoms with van der Waals surface area (Å²) in [5, 5.41) is 5.12. The summed E-state index contributed by atoms with van der Waals surface area (Å²) >= 11 is 7.65. The molecule has 0 spiro atoms. The summed E-state index contributed by atoms with van der Waals surface area (Å²) in [5.41, 5.74) is 4.02. The number of para-hydroxylation sites is 1. The number of halogens is 1. The van der Waals surface area contributed by atoms with E-state index in [-0.39, 0.29) is 6.61 Å². The molecule has 8 heteroatoms. The zero-order valence-corrected chi connectivity index (χ0v) is 19.2. The summed E-state index contributed by atoms with van der Waals surface area (Å²) in [5.74, 6) is -0.0854. The first-order chi connectivity index (χ1) is 16.0. The zero-order chi connectivity index (χ0) is 23.2. The fourth-order valence-corrected chi connectivity index (χ4v) is 4.35. The van der Waals surface area contributed by atoms with Crippen LogP contribution in [-0.2, 0) is 4.79 Å². The van der Waals surface area contributed by atoms with E-state index in [0.717, 1.165) is 15.6 Å². The fourth-order valence-electron chi connectivity index (χ4n) is 2.96. The largest absolute Gasteiger partial charge is 0.484 e. The highest BCUT2D eigenvalue weighted by atomic mass is 35.5. The first-order valence-corrected chi connectivity index (χ1v) is 11.2. The number of rotatable bonds is 7. The van der Waals surface area contributed by atoms with Crippen molar-refractivity contribution >= 4 is 51.1 Å². The molecule has 3 aromatic carbocycles. The van der Waals surface area contributed by atoms with Crippen molar-refractivity contribution in [3.05, 3.63) is 93.8 Å². The van der Waals surface area contributed by atoms with Gasteiger partial charge in [-0.25, -0.2) is 10.2 Å². The Morgan fingerprint density at radius 3 is 2.55 bits per heavy atom. The van der Waals surface area contributed by atoms with Crippen molar-refractivity contribution in [3.8, 4) is 11.5 Å². The lowest BCUT2D eigenvalue weighted by molar-refractivity contribution is -0.123. The average Bonchev–Trinajstić information content (AvgIpc) is 3.16. The summed E-state index contributed by atoms with van der Waals surface area (Å²) in [4.78, 5) is 25.1. The number of thiophene rings is 1. The third kappa shape index (κ3) is 5.58. The molecule has 0 aliphatic heterocycles. The lowest BCUT2D eigenvalue weighted by atomic mass is 10.2. The van der Waals surface area contributed by atoms with Crippen LogP contribution in [0.3, 0.4) is 0 Å². The second-order valence-corrected chi connectivity index (χ2v) is 8.49. The summed E-state index contributed by atoms with van der Waals surface area (Å²) in [7, 11) is 0. The Hall–Kier alpha value is -3.68. The SMILES string of the molecule is Cc1ccc(OCC(=O)NN=Cc2ccccc2OC(=O)c2sc3ccccc3c2Cl)cc1. The van der Waals surface area contributed by atoms with Gasteiger partial charge < -0.3 is 9.47 Å². The highest BCUT2D eigenvalue weighted by Crippen LogP contribution is 2.36. The van der Waals surface area contributed by atoms with Crippen molar-refractivity contribution in [3.63, 3.8) is 0 Å². The van der Waals surface area contributed by atoms with Crippen LogP contribution in [0.5, 0.6) is 11.5 Å². The zero-order valence-electron chi connectivity index (χ0n) is 17.6. The lowest BCUT2D eigenvalue weighted by Gasteiger charge is -2.07. The van der Waals surface area contributed by atoms with Gasteiger partial charge in [0.15, 0.2) is 6.61 Å². The van der Waals surface area contributed by atoms with E-state index in [1.54, 1.807) is 36.4 Å². The van der Waals surface area contributed by atoms with Crippen LogP contribution in [0.4, 0.5) is 0 Å². The van der Waals surface area contributed by atoms with Gasteiger partial charge in [0.1, 0.15) is 16.4 Å². The van der Waals surface area contributed by atoms with Gasteiger partial charge >= 0.3 is 5.97 Å². The number of carbonyl (C=O) groups excluding carboxylic acids is 2. The quantitative estimate of drug-likeness (QED) is 0.162. The monoisotopic (exact) mass is 478 g/mol. The van der Waals surface area contributed by atoms with E-state index in [1.165, 1.54) is 17.6 Å². The van der Waals surface area contributed by atoms with Gasteiger partial charge in [0, 0.05) is 15.6 Å². The molecular formula is C25H19ClN2O4S. The number of fused-ring (bicyclic) bond motifs is 1. The van der Waals surface area contributed by atoms with Crippen LogP contribution in [0.2, 0.25) is 5.02 Å². The number of esters is 1. The molecule has 0 aliphatic rings. The van der Waals surface area contributed by atoms with E-state index in [4.69, 9.17) is 21.1 Å². The van der Waals surface area contributed by atoms with Crippen LogP contribution >= 0.6 is 22.9 Å². The topological polar surface area (TPSA) is 77.0 Å². The first-order valence-electron chi connectivity index (χ1n) is 10.0. The minimum atomic E-state index is -0.558. The molecule has 0 fully saturated rings. The van der Waals surface area contributed by atoms with Gasteiger partial charge in [0.25, 0.3) is 5.91 Å². The van der Waals surface area contributed by atoms with Crippen molar-refractivity contribution in [2.45, 2.75) is 6.92 Å². The smallest absolute Gasteiger partial charge is 0.355 e. The number of nitrogens with zero attached hydrogens (tertiary/aromatic N) is 1. The minimum absolute atomic E-state index is 0.179. The number of hydrogen-bond acceptors (Lipinski definition) is 6. The molecule has 0 aliphatic carbocycles. The highest BCUT2D eigenvalue weighted by Gasteiger charge is 2.19. The normalized spacial score (nSPS) is 11.0. The van der Waals surface area contributed by atoms with Crippen molar-refractivity contribution in [1.82, 2.24) is 5.43 Å². The molecule has 4 rings (SSSR count). The summed E-state index contributed by atoms with van der Waals surface area (Å²) in [6.45, 7) is 1.79. The number of ether oxygens (including phenoxy) is 2. The predicted molar refractivity (Wildman–Crippen MR) is 131 cm³/mol. The maximum atomic E-state index is 12.8. The van der Waals surface area contributed by atoms with E-state index >= 15 is 0 Å². The molecule has 0 bridgehead atoms. The van der Waals surface area contributed by atoms with Gasteiger partial charge in [0.2, 0.25) is 0 Å². The van der Waals surface area contributed by atoms with Crippen molar-refractivity contribution in [2.75, 3.05) is 6.61 Å². The summed E-state index contributed by atoms with van der Waals surface area (Å²) in [6.07, 6.45) is 1.40. The Bertz CT molecular complexity index is 1330. The van der Waals surface area contributed by atoms with Gasteiger partial charge in [-0.05, 0) is 37.3 Å². The van der Waals surface area contributed by atoms with Crippen LogP contribution in [-0.4, -0.2) is 24.7 Å². The van der Waals surface area contributed by atoms with Crippen LogP contribution in [0.15, 0.2) is 77.9 Å². The third-order valence-electron chi connectivity index (χ3n) is 4.63. The van der Waals surface area contributed by atoms with Crippen LogP contribution in [0.25, 0.3) is 10.1 Å². The average molecular weight is 479 g/mol. The molecule has 166 valence electrons. The molecule has 0 atom stereocenters. The molecule has 1 heterocycles. The van der Waals surface area contributed by atoms with Gasteiger partial charge in [-0.3, -0.25) is 4.79 Å². The molecule has 0 radical (unpaired) electrons. The number of nitrogens with one attached hydrogen (secondary N) is 1. The summed E-state index contributed by atoms with van der Waals surface area (Å²) < 4.78 is 11.9.